The average molecular weight is 293 g/mol. The van der Waals surface area contributed by atoms with Crippen LogP contribution in [0.15, 0.2) is 18.2 Å². The highest BCUT2D eigenvalue weighted by molar-refractivity contribution is 5.95. The largest absolute Gasteiger partial charge is 0.419 e. The molecule has 20 heavy (non-hydrogen) atoms. The van der Waals surface area contributed by atoms with Crippen molar-refractivity contribution in [1.29, 1.82) is 0 Å². The second-order valence-corrected chi connectivity index (χ2v) is 4.69. The molecule has 1 amide bonds. The highest BCUT2D eigenvalue weighted by atomic mass is 19.4. The quantitative estimate of drug-likeness (QED) is 0.839. The van der Waals surface area contributed by atoms with Gasteiger partial charge in [-0.1, -0.05) is 13.0 Å². The van der Waals surface area contributed by atoms with E-state index in [0.29, 0.717) is 12.5 Å². The maximum Gasteiger partial charge on any atom is 0.419 e. The molecular weight excluding hydrogens is 278 g/mol. The van der Waals surface area contributed by atoms with Gasteiger partial charge < -0.3 is 10.4 Å². The molecule has 0 spiro atoms. The second-order valence-electron chi connectivity index (χ2n) is 4.69. The first kappa shape index (κ1) is 16.4. The Balaban J connectivity index is 3.13. The van der Waals surface area contributed by atoms with Crippen molar-refractivity contribution in [3.8, 4) is 0 Å². The molecule has 0 fully saturated rings. The summed E-state index contributed by atoms with van der Waals surface area (Å²) < 4.78 is 51.4. The molecule has 0 bridgehead atoms. The van der Waals surface area contributed by atoms with Crippen molar-refractivity contribution in [2.24, 2.45) is 0 Å². The van der Waals surface area contributed by atoms with Crippen molar-refractivity contribution in [3.05, 3.63) is 35.1 Å². The van der Waals surface area contributed by atoms with Crippen LogP contribution in [0.3, 0.4) is 0 Å². The zero-order chi connectivity index (χ0) is 15.6. The van der Waals surface area contributed by atoms with Crippen LogP contribution in [0, 0.1) is 5.82 Å². The fourth-order valence-corrected chi connectivity index (χ4v) is 1.51. The van der Waals surface area contributed by atoms with Crippen LogP contribution in [0.1, 0.15) is 36.2 Å². The van der Waals surface area contributed by atoms with Crippen LogP contribution in [0.2, 0.25) is 0 Å². The standard InChI is InChI=1S/C13H15F4NO2/c1-3-12(2,7-19)18-11(20)8-5-4-6-9(10(8)14)13(15,16)17/h4-6,19H,3,7H2,1-2H3,(H,18,20). The fourth-order valence-electron chi connectivity index (χ4n) is 1.51. The molecule has 0 aliphatic carbocycles. The molecule has 0 aliphatic rings. The summed E-state index contributed by atoms with van der Waals surface area (Å²) in [6.07, 6.45) is -4.53. The van der Waals surface area contributed by atoms with Crippen LogP contribution in [0.25, 0.3) is 0 Å². The van der Waals surface area contributed by atoms with E-state index in [4.69, 9.17) is 5.11 Å². The summed E-state index contributed by atoms with van der Waals surface area (Å²) in [5, 5.41) is 11.5. The highest BCUT2D eigenvalue weighted by Crippen LogP contribution is 2.32. The molecule has 0 heterocycles. The van der Waals surface area contributed by atoms with Crippen LogP contribution >= 0.6 is 0 Å². The van der Waals surface area contributed by atoms with Gasteiger partial charge in [-0.3, -0.25) is 4.79 Å². The average Bonchev–Trinajstić information content (AvgIpc) is 2.37. The normalized spacial score (nSPS) is 14.8. The Morgan fingerprint density at radius 3 is 2.40 bits per heavy atom. The third kappa shape index (κ3) is 3.47. The summed E-state index contributed by atoms with van der Waals surface area (Å²) in [5.41, 5.74) is -3.21. The second kappa shape index (κ2) is 5.78. The Bertz CT molecular complexity index is 496. The third-order valence-electron chi connectivity index (χ3n) is 3.09. The SMILES string of the molecule is CCC(C)(CO)NC(=O)c1cccc(C(F)(F)F)c1F. The van der Waals surface area contributed by atoms with Crippen molar-refractivity contribution >= 4 is 5.91 Å². The molecule has 2 N–H and O–H groups in total. The summed E-state index contributed by atoms with van der Waals surface area (Å²) in [4.78, 5) is 11.8. The number of halogens is 4. The molecule has 1 rings (SSSR count). The number of aliphatic hydroxyl groups excluding tert-OH is 1. The molecule has 0 radical (unpaired) electrons. The number of aliphatic hydroxyl groups is 1. The Labute approximate surface area is 113 Å². The first-order valence-electron chi connectivity index (χ1n) is 5.93. The van der Waals surface area contributed by atoms with Crippen molar-refractivity contribution in [1.82, 2.24) is 5.32 Å². The number of hydrogen-bond donors (Lipinski definition) is 2. The molecule has 3 nitrogen and oxygen atoms in total. The lowest BCUT2D eigenvalue weighted by molar-refractivity contribution is -0.140. The van der Waals surface area contributed by atoms with Crippen LogP contribution in [-0.4, -0.2) is 23.2 Å². The summed E-state index contributed by atoms with van der Waals surface area (Å²) in [5.74, 6) is -2.61. The Kier molecular flexibility index (Phi) is 4.75. The smallest absolute Gasteiger partial charge is 0.394 e. The minimum atomic E-state index is -4.87. The molecule has 1 atom stereocenters. The van der Waals surface area contributed by atoms with Gasteiger partial charge in [0.05, 0.1) is 23.3 Å². The van der Waals surface area contributed by atoms with Gasteiger partial charge in [0.15, 0.2) is 0 Å². The van der Waals surface area contributed by atoms with E-state index in [0.717, 1.165) is 12.1 Å². The van der Waals surface area contributed by atoms with E-state index in [2.05, 4.69) is 5.32 Å². The Hall–Kier alpha value is -1.63. The number of hydrogen-bond acceptors (Lipinski definition) is 2. The maximum atomic E-state index is 13.8. The van der Waals surface area contributed by atoms with E-state index in [1.54, 1.807) is 6.92 Å². The third-order valence-corrected chi connectivity index (χ3v) is 3.09. The highest BCUT2D eigenvalue weighted by Gasteiger charge is 2.36. The van der Waals surface area contributed by atoms with Gasteiger partial charge in [-0.05, 0) is 25.5 Å². The van der Waals surface area contributed by atoms with Crippen molar-refractivity contribution in [3.63, 3.8) is 0 Å². The molecule has 1 aromatic carbocycles. The minimum Gasteiger partial charge on any atom is -0.394 e. The molecule has 112 valence electrons. The first-order valence-corrected chi connectivity index (χ1v) is 5.93. The number of carbonyl (C=O) groups excluding carboxylic acids is 1. The van der Waals surface area contributed by atoms with Crippen LogP contribution in [-0.2, 0) is 6.18 Å². The van der Waals surface area contributed by atoms with Gasteiger partial charge in [0, 0.05) is 0 Å². The molecule has 1 aromatic rings. The molecular formula is C13H15F4NO2. The van der Waals surface area contributed by atoms with Gasteiger partial charge in [-0.15, -0.1) is 0 Å². The molecule has 7 heteroatoms. The molecule has 0 saturated heterocycles. The Morgan fingerprint density at radius 2 is 1.95 bits per heavy atom. The van der Waals surface area contributed by atoms with E-state index < -0.39 is 41.2 Å². The van der Waals surface area contributed by atoms with Gasteiger partial charge in [0.2, 0.25) is 0 Å². The van der Waals surface area contributed by atoms with E-state index >= 15 is 0 Å². The lowest BCUT2D eigenvalue weighted by Gasteiger charge is -2.27. The number of carbonyl (C=O) groups is 1. The van der Waals surface area contributed by atoms with Crippen molar-refractivity contribution in [2.75, 3.05) is 6.61 Å². The zero-order valence-corrected chi connectivity index (χ0v) is 11.0. The summed E-state index contributed by atoms with van der Waals surface area (Å²) in [6.45, 7) is 2.78. The minimum absolute atomic E-state index is 0.343. The van der Waals surface area contributed by atoms with Gasteiger partial charge in [-0.25, -0.2) is 4.39 Å². The molecule has 0 aromatic heterocycles. The van der Waals surface area contributed by atoms with Gasteiger partial charge in [0.25, 0.3) is 5.91 Å². The summed E-state index contributed by atoms with van der Waals surface area (Å²) in [6, 6.07) is 2.49. The summed E-state index contributed by atoms with van der Waals surface area (Å²) in [7, 11) is 0. The van der Waals surface area contributed by atoms with Crippen LogP contribution < -0.4 is 5.32 Å². The van der Waals surface area contributed by atoms with E-state index in [1.165, 1.54) is 6.92 Å². The number of rotatable bonds is 4. The Morgan fingerprint density at radius 1 is 1.35 bits per heavy atom. The lowest BCUT2D eigenvalue weighted by atomic mass is 9.99. The molecule has 0 saturated carbocycles. The number of benzene rings is 1. The number of amides is 1. The maximum absolute atomic E-state index is 13.8. The monoisotopic (exact) mass is 293 g/mol. The number of alkyl halides is 3. The fraction of sp³-hybridized carbons (Fsp3) is 0.462. The number of nitrogens with one attached hydrogen (secondary N) is 1. The van der Waals surface area contributed by atoms with Crippen LogP contribution in [0.5, 0.6) is 0 Å². The van der Waals surface area contributed by atoms with E-state index in [1.807, 2.05) is 0 Å². The predicted octanol–water partition coefficient (Wildman–Crippen LogP) is 2.74. The van der Waals surface area contributed by atoms with E-state index in [9.17, 15) is 22.4 Å². The summed E-state index contributed by atoms with van der Waals surface area (Å²) >= 11 is 0. The van der Waals surface area contributed by atoms with Crippen molar-refractivity contribution in [2.45, 2.75) is 32.0 Å². The predicted molar refractivity (Wildman–Crippen MR) is 64.7 cm³/mol. The first-order chi connectivity index (χ1) is 9.14. The van der Waals surface area contributed by atoms with Gasteiger partial charge >= 0.3 is 6.18 Å². The van der Waals surface area contributed by atoms with Crippen LogP contribution in [0.4, 0.5) is 17.6 Å². The lowest BCUT2D eigenvalue weighted by Crippen LogP contribution is -2.48. The van der Waals surface area contributed by atoms with Gasteiger partial charge in [0.1, 0.15) is 5.82 Å². The molecule has 0 aliphatic heterocycles. The molecule has 1 unspecified atom stereocenters. The topological polar surface area (TPSA) is 49.3 Å². The van der Waals surface area contributed by atoms with E-state index in [-0.39, 0.29) is 0 Å². The zero-order valence-electron chi connectivity index (χ0n) is 11.0. The van der Waals surface area contributed by atoms with Gasteiger partial charge in [-0.2, -0.15) is 13.2 Å². The van der Waals surface area contributed by atoms with Crippen molar-refractivity contribution < 1.29 is 27.5 Å².